The number of carbonyl (C=O) groups is 2. The molecule has 5 heteroatoms. The summed E-state index contributed by atoms with van der Waals surface area (Å²) in [7, 11) is 0. The van der Waals surface area contributed by atoms with E-state index in [4.69, 9.17) is 5.11 Å². The molecule has 0 aliphatic heterocycles. The van der Waals surface area contributed by atoms with Gasteiger partial charge in [0.05, 0.1) is 0 Å². The van der Waals surface area contributed by atoms with Gasteiger partial charge in [0.25, 0.3) is 0 Å². The third-order valence-electron chi connectivity index (χ3n) is 1.95. The van der Waals surface area contributed by atoms with Crippen molar-refractivity contribution in [3.8, 4) is 0 Å². The molecule has 1 rings (SSSR count). The summed E-state index contributed by atoms with van der Waals surface area (Å²) in [6.45, 7) is 1.73. The van der Waals surface area contributed by atoms with Crippen LogP contribution in [0.15, 0.2) is 16.6 Å². The number of carboxylic acid groups (broad SMARTS) is 1. The maximum atomic E-state index is 13.3. The minimum absolute atomic E-state index is 0.0856. The highest BCUT2D eigenvalue weighted by atomic mass is 79.9. The minimum Gasteiger partial charge on any atom is -0.475 e. The zero-order chi connectivity index (χ0) is 11.6. The Balaban J connectivity index is 3.09. The van der Waals surface area contributed by atoms with E-state index in [0.29, 0.717) is 4.47 Å². The van der Waals surface area contributed by atoms with Gasteiger partial charge in [0.2, 0.25) is 5.78 Å². The van der Waals surface area contributed by atoms with Crippen molar-refractivity contribution in [3.05, 3.63) is 33.5 Å². The van der Waals surface area contributed by atoms with Gasteiger partial charge in [0.1, 0.15) is 5.82 Å². The third kappa shape index (κ3) is 2.62. The van der Waals surface area contributed by atoms with E-state index in [1.807, 2.05) is 0 Å². The molecular weight excluding hydrogens is 267 g/mol. The Labute approximate surface area is 94.0 Å². The number of Topliss-reactive ketones (excluding diaryl/α,β-unsaturated/α-hetero) is 1. The highest BCUT2D eigenvalue weighted by molar-refractivity contribution is 9.10. The van der Waals surface area contributed by atoms with E-state index in [1.54, 1.807) is 13.0 Å². The second kappa shape index (κ2) is 4.53. The fourth-order valence-electron chi connectivity index (χ4n) is 1.11. The summed E-state index contributed by atoms with van der Waals surface area (Å²) in [5, 5.41) is 8.41. The first-order valence-corrected chi connectivity index (χ1v) is 4.92. The molecule has 80 valence electrons. The van der Waals surface area contributed by atoms with Crippen LogP contribution in [0.2, 0.25) is 0 Å². The van der Waals surface area contributed by atoms with Crippen LogP contribution in [-0.2, 0) is 16.0 Å². The Hall–Kier alpha value is -1.23. The maximum absolute atomic E-state index is 13.3. The molecule has 1 aromatic carbocycles. The summed E-state index contributed by atoms with van der Waals surface area (Å²) >= 11 is 3.12. The van der Waals surface area contributed by atoms with Crippen LogP contribution in [0.1, 0.15) is 11.1 Å². The molecule has 0 heterocycles. The highest BCUT2D eigenvalue weighted by Crippen LogP contribution is 2.24. The van der Waals surface area contributed by atoms with Crippen molar-refractivity contribution in [3.63, 3.8) is 0 Å². The molecule has 0 radical (unpaired) electrons. The van der Waals surface area contributed by atoms with Gasteiger partial charge in [-0.25, -0.2) is 9.18 Å². The van der Waals surface area contributed by atoms with E-state index >= 15 is 0 Å². The van der Waals surface area contributed by atoms with Crippen LogP contribution in [0, 0.1) is 12.7 Å². The van der Waals surface area contributed by atoms with E-state index in [2.05, 4.69) is 15.9 Å². The number of hydrogen-bond acceptors (Lipinski definition) is 2. The molecule has 0 fully saturated rings. The van der Waals surface area contributed by atoms with Gasteiger partial charge >= 0.3 is 5.97 Å². The average molecular weight is 275 g/mol. The number of halogens is 2. The molecule has 0 aromatic heterocycles. The molecule has 0 saturated carbocycles. The maximum Gasteiger partial charge on any atom is 0.372 e. The Morgan fingerprint density at radius 1 is 1.47 bits per heavy atom. The average Bonchev–Trinajstić information content (AvgIpc) is 2.18. The van der Waals surface area contributed by atoms with Gasteiger partial charge in [-0.3, -0.25) is 4.79 Å². The third-order valence-corrected chi connectivity index (χ3v) is 3.06. The molecule has 0 spiro atoms. The summed E-state index contributed by atoms with van der Waals surface area (Å²) in [6, 6.07) is 2.76. The Kier molecular flexibility index (Phi) is 3.57. The summed E-state index contributed by atoms with van der Waals surface area (Å²) in [6.07, 6.45) is -0.441. The number of benzene rings is 1. The molecule has 0 bridgehead atoms. The lowest BCUT2D eigenvalue weighted by atomic mass is 10.1. The number of aliphatic carboxylic acids is 1. The van der Waals surface area contributed by atoms with E-state index in [-0.39, 0.29) is 5.56 Å². The summed E-state index contributed by atoms with van der Waals surface area (Å²) in [5.41, 5.74) is 0.840. The summed E-state index contributed by atoms with van der Waals surface area (Å²) in [5.74, 6) is -3.16. The van der Waals surface area contributed by atoms with Gasteiger partial charge in [0, 0.05) is 16.5 Å². The number of rotatable bonds is 3. The lowest BCUT2D eigenvalue weighted by Gasteiger charge is -2.06. The minimum atomic E-state index is -1.55. The standard InChI is InChI=1S/C10H8BrFO3/c1-5-2-3-7(12)6(9(5)11)4-8(13)10(14)15/h2-3H,4H2,1H3,(H,14,15). The van der Waals surface area contributed by atoms with Crippen molar-refractivity contribution < 1.29 is 19.1 Å². The van der Waals surface area contributed by atoms with E-state index < -0.39 is 24.0 Å². The Morgan fingerprint density at radius 2 is 2.07 bits per heavy atom. The fourth-order valence-corrected chi connectivity index (χ4v) is 1.57. The van der Waals surface area contributed by atoms with Crippen LogP contribution in [0.3, 0.4) is 0 Å². The van der Waals surface area contributed by atoms with Crippen molar-refractivity contribution in [2.24, 2.45) is 0 Å². The lowest BCUT2D eigenvalue weighted by molar-refractivity contribution is -0.148. The molecule has 15 heavy (non-hydrogen) atoms. The fraction of sp³-hybridized carbons (Fsp3) is 0.200. The first kappa shape index (κ1) is 11.8. The molecule has 0 amide bonds. The van der Waals surface area contributed by atoms with Crippen molar-refractivity contribution in [2.75, 3.05) is 0 Å². The Morgan fingerprint density at radius 3 is 2.60 bits per heavy atom. The van der Waals surface area contributed by atoms with Gasteiger partial charge in [-0.2, -0.15) is 0 Å². The number of carboxylic acids is 1. The van der Waals surface area contributed by atoms with E-state index in [1.165, 1.54) is 6.07 Å². The molecule has 0 atom stereocenters. The van der Waals surface area contributed by atoms with E-state index in [9.17, 15) is 14.0 Å². The molecule has 1 N–H and O–H groups in total. The number of ketones is 1. The molecule has 3 nitrogen and oxygen atoms in total. The SMILES string of the molecule is Cc1ccc(F)c(CC(=O)C(=O)O)c1Br. The largest absolute Gasteiger partial charge is 0.475 e. The predicted octanol–water partition coefficient (Wildman–Crippen LogP) is 2.09. The van der Waals surface area contributed by atoms with Crippen LogP contribution < -0.4 is 0 Å². The summed E-state index contributed by atoms with van der Waals surface area (Å²) in [4.78, 5) is 21.3. The van der Waals surface area contributed by atoms with Gasteiger partial charge in [0.15, 0.2) is 0 Å². The first-order valence-electron chi connectivity index (χ1n) is 4.13. The highest BCUT2D eigenvalue weighted by Gasteiger charge is 2.17. The number of carbonyl (C=O) groups excluding carboxylic acids is 1. The van der Waals surface area contributed by atoms with Gasteiger partial charge in [-0.15, -0.1) is 0 Å². The van der Waals surface area contributed by atoms with Crippen LogP contribution in [0.5, 0.6) is 0 Å². The molecule has 0 aliphatic rings. The van der Waals surface area contributed by atoms with Gasteiger partial charge in [-0.05, 0) is 18.6 Å². The van der Waals surface area contributed by atoms with Crippen molar-refractivity contribution in [1.29, 1.82) is 0 Å². The smallest absolute Gasteiger partial charge is 0.372 e. The normalized spacial score (nSPS) is 10.1. The van der Waals surface area contributed by atoms with Gasteiger partial charge in [-0.1, -0.05) is 22.0 Å². The predicted molar refractivity (Wildman–Crippen MR) is 55.2 cm³/mol. The monoisotopic (exact) mass is 274 g/mol. The number of hydrogen-bond donors (Lipinski definition) is 1. The Bertz CT molecular complexity index is 429. The zero-order valence-corrected chi connectivity index (χ0v) is 9.47. The van der Waals surface area contributed by atoms with Crippen molar-refractivity contribution >= 4 is 27.7 Å². The molecule has 0 saturated heterocycles. The van der Waals surface area contributed by atoms with Crippen LogP contribution in [0.25, 0.3) is 0 Å². The molecular formula is C10H8BrFO3. The zero-order valence-electron chi connectivity index (χ0n) is 7.88. The van der Waals surface area contributed by atoms with Crippen LogP contribution in [0.4, 0.5) is 4.39 Å². The molecule has 1 aromatic rings. The topological polar surface area (TPSA) is 54.4 Å². The van der Waals surface area contributed by atoms with E-state index in [0.717, 1.165) is 5.56 Å². The second-order valence-electron chi connectivity index (χ2n) is 3.06. The molecule has 0 unspecified atom stereocenters. The lowest BCUT2D eigenvalue weighted by Crippen LogP contribution is -2.16. The van der Waals surface area contributed by atoms with Crippen molar-refractivity contribution in [1.82, 2.24) is 0 Å². The molecule has 0 aliphatic carbocycles. The van der Waals surface area contributed by atoms with Crippen LogP contribution in [-0.4, -0.2) is 16.9 Å². The first-order chi connectivity index (χ1) is 6.93. The quantitative estimate of drug-likeness (QED) is 0.859. The van der Waals surface area contributed by atoms with Gasteiger partial charge < -0.3 is 5.11 Å². The second-order valence-corrected chi connectivity index (χ2v) is 3.85. The summed E-state index contributed by atoms with van der Waals surface area (Å²) < 4.78 is 13.7. The number of aryl methyl sites for hydroxylation is 1. The van der Waals surface area contributed by atoms with Crippen LogP contribution >= 0.6 is 15.9 Å². The van der Waals surface area contributed by atoms with Crippen molar-refractivity contribution in [2.45, 2.75) is 13.3 Å².